The second-order valence-corrected chi connectivity index (χ2v) is 12.9. The van der Waals surface area contributed by atoms with Gasteiger partial charge in [-0.1, -0.05) is 103 Å². The Hall–Kier alpha value is -6.72. The second kappa shape index (κ2) is 9.00. The minimum Gasteiger partial charge on any atom is -0.452 e. The average molecular weight is 625 g/mol. The van der Waals surface area contributed by atoms with E-state index in [4.69, 9.17) is 14.4 Å². The number of para-hydroxylation sites is 5. The van der Waals surface area contributed by atoms with Crippen molar-refractivity contribution in [2.45, 2.75) is 0 Å². The summed E-state index contributed by atoms with van der Waals surface area (Å²) >= 11 is 0. The van der Waals surface area contributed by atoms with Gasteiger partial charge in [-0.25, -0.2) is 9.97 Å². The zero-order chi connectivity index (χ0) is 31.8. The summed E-state index contributed by atoms with van der Waals surface area (Å²) in [6.45, 7) is 0. The van der Waals surface area contributed by atoms with Crippen molar-refractivity contribution in [3.05, 3.63) is 146 Å². The van der Waals surface area contributed by atoms with Crippen molar-refractivity contribution in [2.24, 2.45) is 0 Å². The largest absolute Gasteiger partial charge is 0.452 e. The van der Waals surface area contributed by atoms with Crippen LogP contribution in [0, 0.1) is 0 Å². The fourth-order valence-electron chi connectivity index (χ4n) is 8.44. The van der Waals surface area contributed by atoms with Crippen LogP contribution in [-0.4, -0.2) is 18.8 Å². The van der Waals surface area contributed by atoms with Gasteiger partial charge in [0, 0.05) is 38.1 Å². The molecule has 0 spiro atoms. The molecule has 0 N–H and O–H groups in total. The molecule has 12 rings (SSSR count). The van der Waals surface area contributed by atoms with Gasteiger partial charge in [-0.2, -0.15) is 0 Å². The lowest BCUT2D eigenvalue weighted by atomic mass is 9.96. The van der Waals surface area contributed by atoms with E-state index in [1.165, 1.54) is 65.4 Å². The van der Waals surface area contributed by atoms with Crippen molar-refractivity contribution in [2.75, 3.05) is 0 Å². The van der Waals surface area contributed by atoms with Crippen molar-refractivity contribution in [3.63, 3.8) is 0 Å². The number of fused-ring (bicyclic) bond motifs is 15. The molecule has 5 heteroatoms. The minimum absolute atomic E-state index is 0.677. The first kappa shape index (κ1) is 25.4. The van der Waals surface area contributed by atoms with Gasteiger partial charge >= 0.3 is 0 Å². The highest BCUT2D eigenvalue weighted by atomic mass is 16.3. The molecular formula is C44H24N4O. The Labute approximate surface area is 278 Å². The molecule has 0 atom stereocenters. The molecule has 0 amide bonds. The zero-order valence-electron chi connectivity index (χ0n) is 26.1. The summed E-state index contributed by atoms with van der Waals surface area (Å²) in [6.07, 6.45) is 0. The average Bonchev–Trinajstić information content (AvgIpc) is 3.83. The molecule has 0 bridgehead atoms. The number of furan rings is 1. The Bertz CT molecular complexity index is 3320. The standard InChI is InChI=1S/C44H24N4O/c1-2-12-25(13-3-1)39-43-40(30-16-6-11-21-36(30)49-43)46-44(45-39)26-22-23-27-31(24-26)38-29-15-5-8-18-33(29)48-35-20-10-9-19-34(35)47-32-17-7-4-14-28(32)37(27)41(47)42(38)48/h1-24H. The van der Waals surface area contributed by atoms with Gasteiger partial charge < -0.3 is 13.2 Å². The van der Waals surface area contributed by atoms with Crippen molar-refractivity contribution in [3.8, 4) is 22.6 Å². The van der Waals surface area contributed by atoms with Gasteiger partial charge in [0.15, 0.2) is 11.4 Å². The molecule has 49 heavy (non-hydrogen) atoms. The molecule has 226 valence electrons. The predicted molar refractivity (Wildman–Crippen MR) is 201 cm³/mol. The number of aromatic nitrogens is 4. The first-order chi connectivity index (χ1) is 24.3. The van der Waals surface area contributed by atoms with Gasteiger partial charge in [0.05, 0.1) is 33.1 Å². The summed E-state index contributed by atoms with van der Waals surface area (Å²) in [5.41, 5.74) is 12.4. The third-order valence-electron chi connectivity index (χ3n) is 10.4. The normalized spacial score (nSPS) is 12.5. The monoisotopic (exact) mass is 624 g/mol. The quantitative estimate of drug-likeness (QED) is 0.180. The molecule has 0 unspecified atom stereocenters. The number of hydrogen-bond donors (Lipinski definition) is 0. The molecule has 5 heterocycles. The highest BCUT2D eigenvalue weighted by molar-refractivity contribution is 6.37. The molecule has 0 aliphatic carbocycles. The molecule has 5 nitrogen and oxygen atoms in total. The summed E-state index contributed by atoms with van der Waals surface area (Å²) < 4.78 is 11.4. The van der Waals surface area contributed by atoms with E-state index in [0.717, 1.165) is 33.3 Å². The molecule has 12 aromatic rings. The van der Waals surface area contributed by atoms with E-state index in [-0.39, 0.29) is 0 Å². The summed E-state index contributed by atoms with van der Waals surface area (Å²) in [6, 6.07) is 51.6. The van der Waals surface area contributed by atoms with E-state index in [1.54, 1.807) is 0 Å². The fraction of sp³-hybridized carbons (Fsp3) is 0. The molecule has 0 aliphatic rings. The van der Waals surface area contributed by atoms with Crippen molar-refractivity contribution in [1.29, 1.82) is 0 Å². The molecule has 0 saturated carbocycles. The molecule has 0 fully saturated rings. The lowest BCUT2D eigenvalue weighted by molar-refractivity contribution is 0.667. The summed E-state index contributed by atoms with van der Waals surface area (Å²) in [7, 11) is 0. The lowest BCUT2D eigenvalue weighted by Crippen LogP contribution is -1.97. The minimum atomic E-state index is 0.677. The van der Waals surface area contributed by atoms with Gasteiger partial charge in [0.2, 0.25) is 0 Å². The van der Waals surface area contributed by atoms with Gasteiger partial charge in [-0.3, -0.25) is 0 Å². The molecular weight excluding hydrogens is 601 g/mol. The smallest absolute Gasteiger partial charge is 0.180 e. The van der Waals surface area contributed by atoms with Crippen LogP contribution in [0.2, 0.25) is 0 Å². The zero-order valence-corrected chi connectivity index (χ0v) is 26.1. The van der Waals surface area contributed by atoms with E-state index < -0.39 is 0 Å². The van der Waals surface area contributed by atoms with Gasteiger partial charge in [0.25, 0.3) is 0 Å². The van der Waals surface area contributed by atoms with Crippen molar-refractivity contribution in [1.82, 2.24) is 18.8 Å². The summed E-state index contributed by atoms with van der Waals surface area (Å²) in [5, 5.41) is 8.40. The van der Waals surface area contributed by atoms with Crippen LogP contribution < -0.4 is 0 Å². The number of benzene rings is 7. The van der Waals surface area contributed by atoms with Crippen LogP contribution in [0.5, 0.6) is 0 Å². The van der Waals surface area contributed by atoms with Crippen molar-refractivity contribution < 1.29 is 4.42 Å². The predicted octanol–water partition coefficient (Wildman–Crippen LogP) is 11.4. The third kappa shape index (κ3) is 3.15. The van der Waals surface area contributed by atoms with Crippen LogP contribution in [0.25, 0.3) is 110 Å². The highest BCUT2D eigenvalue weighted by Gasteiger charge is 2.25. The number of rotatable bonds is 2. The lowest BCUT2D eigenvalue weighted by Gasteiger charge is -2.13. The van der Waals surface area contributed by atoms with Crippen LogP contribution in [0.3, 0.4) is 0 Å². The first-order valence-electron chi connectivity index (χ1n) is 16.6. The Morgan fingerprint density at radius 1 is 0.429 bits per heavy atom. The third-order valence-corrected chi connectivity index (χ3v) is 10.4. The Balaban J connectivity index is 1.28. The maximum Gasteiger partial charge on any atom is 0.180 e. The van der Waals surface area contributed by atoms with Gasteiger partial charge in [-0.15, -0.1) is 0 Å². The highest BCUT2D eigenvalue weighted by Crippen LogP contribution is 2.47. The molecule has 0 aliphatic heterocycles. The van der Waals surface area contributed by atoms with Crippen LogP contribution in [0.1, 0.15) is 0 Å². The maximum atomic E-state index is 6.40. The van der Waals surface area contributed by atoms with Crippen LogP contribution >= 0.6 is 0 Å². The van der Waals surface area contributed by atoms with E-state index in [9.17, 15) is 0 Å². The summed E-state index contributed by atoms with van der Waals surface area (Å²) in [4.78, 5) is 10.5. The van der Waals surface area contributed by atoms with E-state index in [1.807, 2.05) is 36.4 Å². The number of nitrogens with zero attached hydrogens (tertiary/aromatic N) is 4. The van der Waals surface area contributed by atoms with Gasteiger partial charge in [0.1, 0.15) is 16.8 Å². The van der Waals surface area contributed by atoms with E-state index in [0.29, 0.717) is 11.4 Å². The molecule has 7 aromatic carbocycles. The van der Waals surface area contributed by atoms with Crippen LogP contribution in [-0.2, 0) is 0 Å². The molecule has 0 radical (unpaired) electrons. The van der Waals surface area contributed by atoms with E-state index >= 15 is 0 Å². The van der Waals surface area contributed by atoms with Gasteiger partial charge in [-0.05, 0) is 53.2 Å². The van der Waals surface area contributed by atoms with Crippen LogP contribution in [0.4, 0.5) is 0 Å². The Morgan fingerprint density at radius 3 is 1.69 bits per heavy atom. The number of hydrogen-bond acceptors (Lipinski definition) is 3. The van der Waals surface area contributed by atoms with Crippen LogP contribution in [0.15, 0.2) is 150 Å². The Kier molecular flexibility index (Phi) is 4.66. The molecule has 5 aromatic heterocycles. The fourth-order valence-corrected chi connectivity index (χ4v) is 8.44. The molecule has 0 saturated heterocycles. The van der Waals surface area contributed by atoms with E-state index in [2.05, 4.69) is 118 Å². The Morgan fingerprint density at radius 2 is 1.00 bits per heavy atom. The SMILES string of the molecule is c1ccc(-c2nc(-c3ccc4c(c3)c3c5ccccc5n5c6ccccc6n6c7ccccc7c4c6c35)nc3c2oc2ccccc23)cc1. The van der Waals surface area contributed by atoms with Crippen molar-refractivity contribution >= 4 is 87.5 Å². The second-order valence-electron chi connectivity index (χ2n) is 12.9. The maximum absolute atomic E-state index is 6.40. The summed E-state index contributed by atoms with van der Waals surface area (Å²) in [5.74, 6) is 0.677. The first-order valence-corrected chi connectivity index (χ1v) is 16.6. The topological polar surface area (TPSA) is 47.7 Å².